The van der Waals surface area contributed by atoms with Crippen molar-refractivity contribution in [1.29, 1.82) is 0 Å². The summed E-state index contributed by atoms with van der Waals surface area (Å²) in [5.74, 6) is -1.53. The van der Waals surface area contributed by atoms with Crippen LogP contribution < -0.4 is 21.4 Å². The average molecular weight is 608 g/mol. The molecule has 0 aromatic carbocycles. The second kappa shape index (κ2) is 11.8. The van der Waals surface area contributed by atoms with Gasteiger partial charge in [0.1, 0.15) is 28.3 Å². The molecule has 0 spiro atoms. The van der Waals surface area contributed by atoms with E-state index in [1.54, 1.807) is 11.8 Å². The number of alkyl halides is 1. The van der Waals surface area contributed by atoms with Crippen molar-refractivity contribution in [2.75, 3.05) is 30.6 Å². The molecule has 0 radical (unpaired) electrons. The van der Waals surface area contributed by atoms with Gasteiger partial charge in [-0.15, -0.1) is 34.9 Å². The number of β-lactam (4-membered cyclic amide) rings is 1. The number of nitrogens with zero attached hydrogens (tertiary/aromatic N) is 5. The molecule has 5 rings (SSSR count). The van der Waals surface area contributed by atoms with Crippen molar-refractivity contribution < 1.29 is 33.3 Å². The number of rotatable bonds is 11. The zero-order valence-corrected chi connectivity index (χ0v) is 23.2. The van der Waals surface area contributed by atoms with Crippen LogP contribution in [-0.2, 0) is 25.8 Å². The van der Waals surface area contributed by atoms with Crippen LogP contribution in [-0.4, -0.2) is 79.2 Å². The molecule has 2 aliphatic rings. The lowest BCUT2D eigenvalue weighted by Crippen LogP contribution is -2.71. The Morgan fingerprint density at radius 3 is 2.92 bits per heavy atom. The highest BCUT2D eigenvalue weighted by Gasteiger charge is 2.54. The van der Waals surface area contributed by atoms with E-state index in [-0.39, 0.29) is 28.8 Å². The maximum absolute atomic E-state index is 13.1. The first-order chi connectivity index (χ1) is 19.3. The van der Waals surface area contributed by atoms with Gasteiger partial charge >= 0.3 is 5.97 Å². The van der Waals surface area contributed by atoms with Gasteiger partial charge in [0.25, 0.3) is 18.7 Å². The van der Waals surface area contributed by atoms with Crippen molar-refractivity contribution in [3.63, 3.8) is 0 Å². The minimum Gasteiger partial charge on any atom is -0.477 e. The van der Waals surface area contributed by atoms with Crippen molar-refractivity contribution in [3.8, 4) is 0 Å². The van der Waals surface area contributed by atoms with Gasteiger partial charge in [-0.2, -0.15) is 4.57 Å². The number of aliphatic carboxylic acids is 1. The van der Waals surface area contributed by atoms with Crippen LogP contribution in [0, 0.1) is 0 Å². The highest BCUT2D eigenvalue weighted by molar-refractivity contribution is 8.00. The minimum absolute atomic E-state index is 0.0591. The van der Waals surface area contributed by atoms with Crippen LogP contribution in [0.3, 0.4) is 0 Å². The number of oxime groups is 1. The van der Waals surface area contributed by atoms with Crippen molar-refractivity contribution in [3.05, 3.63) is 53.1 Å². The van der Waals surface area contributed by atoms with E-state index in [1.165, 1.54) is 22.0 Å². The van der Waals surface area contributed by atoms with Crippen LogP contribution in [0.15, 0.2) is 57.6 Å². The van der Waals surface area contributed by atoms with Gasteiger partial charge in [-0.3, -0.25) is 14.5 Å². The number of nitrogens with one attached hydrogen (secondary N) is 1. The zero-order chi connectivity index (χ0) is 28.4. The number of carbonyl (C=O) groups is 3. The number of nitrogens with two attached hydrogens (primary N) is 2. The van der Waals surface area contributed by atoms with E-state index in [9.17, 15) is 23.9 Å². The zero-order valence-electron chi connectivity index (χ0n) is 20.7. The number of carboxylic acid groups (broad SMARTS) is 1. The standard InChI is InChI=1S/C23H23FN8O5S3/c24-11-37-29-16(14-10-40-23(26)27-14)19(33)28-17-20(34)32-18(22(35)36)12(9-39-21(17)32)7-30-4-5-31-13(8-30)1-2-15(31)38-6-3-25/h1-2,4-5,8,10,17,21H,3,6-7,9,11,25H2,(H3-,26,27,28,33,35,36)/p+1/t17-,21+/m1/s1. The minimum atomic E-state index is -1.27. The van der Waals surface area contributed by atoms with Crippen LogP contribution in [0.1, 0.15) is 5.69 Å². The number of anilines is 1. The Balaban J connectivity index is 1.33. The number of carbonyl (C=O) groups excluding carboxylic acids is 2. The molecule has 2 atom stereocenters. The van der Waals surface area contributed by atoms with Crippen molar-refractivity contribution >= 4 is 69.0 Å². The number of thiazole rings is 1. The molecule has 6 N–H and O–H groups in total. The molecule has 210 valence electrons. The number of halogens is 1. The monoisotopic (exact) mass is 607 g/mol. The molecule has 2 amide bonds. The van der Waals surface area contributed by atoms with Crippen LogP contribution in [0.2, 0.25) is 0 Å². The van der Waals surface area contributed by atoms with Gasteiger partial charge in [0.05, 0.1) is 11.2 Å². The quantitative estimate of drug-likeness (QED) is 0.0783. The molecular formula is C23H24FN8O5S3+. The normalized spacial score (nSPS) is 19.0. The maximum atomic E-state index is 13.1. The van der Waals surface area contributed by atoms with E-state index in [0.29, 0.717) is 17.9 Å². The Hall–Kier alpha value is -3.67. The van der Waals surface area contributed by atoms with E-state index in [4.69, 9.17) is 11.5 Å². The summed E-state index contributed by atoms with van der Waals surface area (Å²) in [4.78, 5) is 47.9. The molecule has 2 aliphatic heterocycles. The second-order valence-corrected chi connectivity index (χ2v) is 11.7. The van der Waals surface area contributed by atoms with E-state index in [1.807, 2.05) is 39.7 Å². The lowest BCUT2D eigenvalue weighted by Gasteiger charge is -2.49. The third-order valence-electron chi connectivity index (χ3n) is 6.08. The van der Waals surface area contributed by atoms with Gasteiger partial charge in [0.15, 0.2) is 29.8 Å². The van der Waals surface area contributed by atoms with Gasteiger partial charge in [-0.25, -0.2) is 14.2 Å². The molecule has 1 saturated heterocycles. The predicted octanol–water partition coefficient (Wildman–Crippen LogP) is 0.403. The van der Waals surface area contributed by atoms with E-state index in [2.05, 4.69) is 20.3 Å². The first kappa shape index (κ1) is 27.9. The molecule has 40 heavy (non-hydrogen) atoms. The second-order valence-electron chi connectivity index (χ2n) is 8.57. The molecule has 0 saturated carbocycles. The molecule has 13 nitrogen and oxygen atoms in total. The number of fused-ring (bicyclic) bond motifs is 2. The number of aromatic nitrogens is 3. The fourth-order valence-electron chi connectivity index (χ4n) is 4.38. The molecule has 17 heteroatoms. The van der Waals surface area contributed by atoms with E-state index in [0.717, 1.165) is 27.6 Å². The Kier molecular flexibility index (Phi) is 8.24. The number of hydrogen-bond donors (Lipinski definition) is 4. The third-order valence-corrected chi connectivity index (χ3v) is 9.16. The lowest BCUT2D eigenvalue weighted by molar-refractivity contribution is -0.688. The van der Waals surface area contributed by atoms with Crippen LogP contribution >= 0.6 is 34.9 Å². The van der Waals surface area contributed by atoms with Crippen molar-refractivity contribution in [2.24, 2.45) is 10.9 Å². The number of nitrogen functional groups attached to an aromatic ring is 1. The molecule has 5 heterocycles. The summed E-state index contributed by atoms with van der Waals surface area (Å²) < 4.78 is 16.4. The highest BCUT2D eigenvalue weighted by Crippen LogP contribution is 2.40. The average Bonchev–Trinajstić information content (AvgIpc) is 3.55. The molecular weight excluding hydrogens is 584 g/mol. The Bertz CT molecular complexity index is 1540. The topological polar surface area (TPSA) is 182 Å². The number of carboxylic acids is 1. The molecule has 3 aromatic rings. The summed E-state index contributed by atoms with van der Waals surface area (Å²) in [7, 11) is 0. The first-order valence-electron chi connectivity index (χ1n) is 11.8. The third kappa shape index (κ3) is 5.36. The predicted molar refractivity (Wildman–Crippen MR) is 147 cm³/mol. The van der Waals surface area contributed by atoms with Crippen molar-refractivity contribution in [1.82, 2.24) is 19.6 Å². The SMILES string of the molecule is NCCSc1ccc2c[n+](CC3=C(C(=O)O)N4C(=O)[C@@H](NC(=O)C(=NOCF)c5csc(N)n5)[C@@H]4SC3)ccn12. The van der Waals surface area contributed by atoms with Gasteiger partial charge in [-0.1, -0.05) is 5.16 Å². The van der Waals surface area contributed by atoms with Crippen molar-refractivity contribution in [2.45, 2.75) is 23.0 Å². The fourth-order valence-corrected chi connectivity index (χ4v) is 7.06. The Morgan fingerprint density at radius 2 is 2.23 bits per heavy atom. The number of thioether (sulfide) groups is 2. The summed E-state index contributed by atoms with van der Waals surface area (Å²) in [6, 6.07) is 2.95. The summed E-state index contributed by atoms with van der Waals surface area (Å²) >= 11 is 4.02. The van der Waals surface area contributed by atoms with E-state index < -0.39 is 36.1 Å². The number of hydrogen-bond acceptors (Lipinski definition) is 11. The van der Waals surface area contributed by atoms with Crippen LogP contribution in [0.5, 0.6) is 0 Å². The summed E-state index contributed by atoms with van der Waals surface area (Å²) in [5.41, 5.74) is 12.3. The summed E-state index contributed by atoms with van der Waals surface area (Å²) in [6.07, 6.45) is 5.65. The van der Waals surface area contributed by atoms with Gasteiger partial charge in [-0.05, 0) is 12.1 Å². The molecule has 0 unspecified atom stereocenters. The van der Waals surface area contributed by atoms with Crippen LogP contribution in [0.4, 0.5) is 9.52 Å². The van der Waals surface area contributed by atoms with Crippen LogP contribution in [0.25, 0.3) is 5.52 Å². The van der Waals surface area contributed by atoms with Gasteiger partial charge in [0.2, 0.25) is 0 Å². The summed E-state index contributed by atoms with van der Waals surface area (Å²) in [5, 5.41) is 18.1. The number of amides is 2. The Morgan fingerprint density at radius 1 is 1.40 bits per heavy atom. The maximum Gasteiger partial charge on any atom is 0.352 e. The molecule has 3 aromatic heterocycles. The first-order valence-corrected chi connectivity index (χ1v) is 14.7. The molecule has 0 bridgehead atoms. The van der Waals surface area contributed by atoms with Gasteiger partial charge in [0, 0.05) is 29.0 Å². The fraction of sp³-hybridized carbons (Fsp3) is 0.304. The Labute approximate surface area is 239 Å². The smallest absolute Gasteiger partial charge is 0.352 e. The highest BCUT2D eigenvalue weighted by atomic mass is 32.2. The van der Waals surface area contributed by atoms with Gasteiger partial charge < -0.3 is 31.1 Å². The molecule has 0 aliphatic carbocycles. The largest absolute Gasteiger partial charge is 0.477 e. The lowest BCUT2D eigenvalue weighted by atomic mass is 10.0. The molecule has 1 fully saturated rings. The summed E-state index contributed by atoms with van der Waals surface area (Å²) in [6.45, 7) is -0.444. The van der Waals surface area contributed by atoms with E-state index >= 15 is 0 Å².